The lowest BCUT2D eigenvalue weighted by Crippen LogP contribution is -2.36. The first-order valence-electron chi connectivity index (χ1n) is 8.04. The molecule has 0 unspecified atom stereocenters. The number of halogens is 2. The largest absolute Gasteiger partial charge is 0.308 e. The fraction of sp³-hybridized carbons (Fsp3) is 0.263. The van der Waals surface area contributed by atoms with Crippen molar-refractivity contribution in [3.8, 4) is 0 Å². The highest BCUT2D eigenvalue weighted by molar-refractivity contribution is 9.10. The number of carbonyl (C=O) groups is 1. The summed E-state index contributed by atoms with van der Waals surface area (Å²) in [4.78, 5) is 21.7. The zero-order chi connectivity index (χ0) is 18.0. The van der Waals surface area contributed by atoms with Crippen LogP contribution in [0, 0.1) is 6.92 Å². The molecule has 1 aromatic heterocycles. The van der Waals surface area contributed by atoms with Crippen LogP contribution >= 0.6 is 39.7 Å². The molecule has 26 heavy (non-hydrogen) atoms. The number of rotatable bonds is 5. The van der Waals surface area contributed by atoms with Gasteiger partial charge in [-0.1, -0.05) is 39.4 Å². The average Bonchev–Trinajstić information content (AvgIpc) is 3.00. The number of aromatic nitrogens is 1. The van der Waals surface area contributed by atoms with Crippen molar-refractivity contribution >= 4 is 60.9 Å². The van der Waals surface area contributed by atoms with E-state index in [1.54, 1.807) is 16.2 Å². The van der Waals surface area contributed by atoms with E-state index in [1.165, 1.54) is 0 Å². The molecule has 0 aliphatic rings. The van der Waals surface area contributed by atoms with Crippen LogP contribution in [0.2, 0.25) is 0 Å². The third kappa shape index (κ3) is 4.62. The van der Waals surface area contributed by atoms with E-state index >= 15 is 0 Å². The number of amides is 1. The Labute approximate surface area is 172 Å². The first-order chi connectivity index (χ1) is 12.0. The summed E-state index contributed by atoms with van der Waals surface area (Å²) in [5.74, 6) is -0.0222. The van der Waals surface area contributed by atoms with Gasteiger partial charge in [0.15, 0.2) is 5.13 Å². The third-order valence-electron chi connectivity index (χ3n) is 3.95. The Morgan fingerprint density at radius 2 is 1.81 bits per heavy atom. The van der Waals surface area contributed by atoms with Crippen LogP contribution in [0.25, 0.3) is 10.2 Å². The fourth-order valence-corrected chi connectivity index (χ4v) is 3.85. The molecule has 4 nitrogen and oxygen atoms in total. The number of hydrogen-bond acceptors (Lipinski definition) is 4. The second kappa shape index (κ2) is 8.95. The summed E-state index contributed by atoms with van der Waals surface area (Å²) in [6, 6.07) is 13.6. The highest BCUT2D eigenvalue weighted by Crippen LogP contribution is 2.31. The quantitative estimate of drug-likeness (QED) is 0.544. The molecular weight excluding hydrogens is 434 g/mol. The minimum Gasteiger partial charge on any atom is -0.308 e. The predicted molar refractivity (Wildman–Crippen MR) is 116 cm³/mol. The second-order valence-corrected chi connectivity index (χ2v) is 8.11. The second-order valence-electron chi connectivity index (χ2n) is 6.19. The monoisotopic (exact) mass is 453 g/mol. The van der Waals surface area contributed by atoms with E-state index in [1.807, 2.05) is 57.4 Å². The van der Waals surface area contributed by atoms with Crippen LogP contribution < -0.4 is 4.90 Å². The zero-order valence-electron chi connectivity index (χ0n) is 14.9. The van der Waals surface area contributed by atoms with E-state index in [2.05, 4.69) is 26.9 Å². The smallest absolute Gasteiger partial charge is 0.260 e. The van der Waals surface area contributed by atoms with Gasteiger partial charge in [0.2, 0.25) is 0 Å². The molecule has 0 aliphatic carbocycles. The summed E-state index contributed by atoms with van der Waals surface area (Å²) in [6.45, 7) is 3.42. The Morgan fingerprint density at radius 3 is 2.42 bits per heavy atom. The van der Waals surface area contributed by atoms with Crippen molar-refractivity contribution in [3.05, 3.63) is 58.1 Å². The Hall–Kier alpha value is -1.47. The first-order valence-corrected chi connectivity index (χ1v) is 9.65. The normalized spacial score (nSPS) is 10.8. The number of carbonyl (C=O) groups excluding carboxylic acids is 1. The van der Waals surface area contributed by atoms with Gasteiger partial charge in [-0.25, -0.2) is 4.98 Å². The van der Waals surface area contributed by atoms with Crippen LogP contribution in [0.4, 0.5) is 5.13 Å². The standard InChI is InChI=1S/C19H20BrN3OS.ClH/c1-13-5-4-6-16-17(13)21-19(25-16)23(12-11-22(2)3)18(24)14-7-9-15(20)10-8-14;/h4-10H,11-12H2,1-3H3;1H. The van der Waals surface area contributed by atoms with Crippen LogP contribution in [-0.4, -0.2) is 43.0 Å². The van der Waals surface area contributed by atoms with E-state index in [0.717, 1.165) is 31.9 Å². The molecule has 0 fully saturated rings. The van der Waals surface area contributed by atoms with Crippen LogP contribution in [0.1, 0.15) is 15.9 Å². The topological polar surface area (TPSA) is 36.4 Å². The van der Waals surface area contributed by atoms with Crippen molar-refractivity contribution in [3.63, 3.8) is 0 Å². The summed E-state index contributed by atoms with van der Waals surface area (Å²) < 4.78 is 2.06. The Morgan fingerprint density at radius 1 is 1.12 bits per heavy atom. The first kappa shape index (κ1) is 20.8. The number of nitrogens with zero attached hydrogens (tertiary/aromatic N) is 3. The minimum atomic E-state index is -0.0222. The molecule has 2 aromatic carbocycles. The van der Waals surface area contributed by atoms with Crippen molar-refractivity contribution in [1.82, 2.24) is 9.88 Å². The summed E-state index contributed by atoms with van der Waals surface area (Å²) in [5, 5.41) is 0.749. The molecule has 0 saturated carbocycles. The molecular formula is C19H21BrClN3OS. The Balaban J connectivity index is 0.00000243. The maximum atomic E-state index is 13.1. The number of fused-ring (bicyclic) bond motifs is 1. The highest BCUT2D eigenvalue weighted by Gasteiger charge is 2.21. The number of likely N-dealkylation sites (N-methyl/N-ethyl adjacent to an activating group) is 1. The molecule has 1 heterocycles. The fourth-order valence-electron chi connectivity index (χ4n) is 2.52. The van der Waals surface area contributed by atoms with Crippen LogP contribution in [-0.2, 0) is 0 Å². The molecule has 1 amide bonds. The van der Waals surface area contributed by atoms with Gasteiger partial charge in [-0.3, -0.25) is 9.69 Å². The summed E-state index contributed by atoms with van der Waals surface area (Å²) in [5.41, 5.74) is 2.77. The highest BCUT2D eigenvalue weighted by atomic mass is 79.9. The lowest BCUT2D eigenvalue weighted by molar-refractivity contribution is 0.0985. The Kier molecular flexibility index (Phi) is 7.17. The number of hydrogen-bond donors (Lipinski definition) is 0. The van der Waals surface area contributed by atoms with E-state index < -0.39 is 0 Å². The predicted octanol–water partition coefficient (Wildman–Crippen LogP) is 5.00. The molecule has 0 saturated heterocycles. The number of para-hydroxylation sites is 1. The van der Waals surface area contributed by atoms with E-state index in [4.69, 9.17) is 4.98 Å². The van der Waals surface area contributed by atoms with Gasteiger partial charge >= 0.3 is 0 Å². The number of benzene rings is 2. The van der Waals surface area contributed by atoms with E-state index in [-0.39, 0.29) is 18.3 Å². The van der Waals surface area contributed by atoms with Gasteiger partial charge in [-0.2, -0.15) is 0 Å². The van der Waals surface area contributed by atoms with Gasteiger partial charge in [0, 0.05) is 23.1 Å². The molecule has 0 spiro atoms. The van der Waals surface area contributed by atoms with Crippen molar-refractivity contribution < 1.29 is 4.79 Å². The number of aryl methyl sites for hydroxylation is 1. The average molecular weight is 455 g/mol. The lowest BCUT2D eigenvalue weighted by atomic mass is 10.2. The molecule has 3 aromatic rings. The SMILES string of the molecule is Cc1cccc2sc(N(CCN(C)C)C(=O)c3ccc(Br)cc3)nc12.Cl. The van der Waals surface area contributed by atoms with E-state index in [9.17, 15) is 4.79 Å². The number of anilines is 1. The maximum absolute atomic E-state index is 13.1. The minimum absolute atomic E-state index is 0. The molecule has 7 heteroatoms. The zero-order valence-corrected chi connectivity index (χ0v) is 18.1. The van der Waals surface area contributed by atoms with Gasteiger partial charge in [-0.15, -0.1) is 12.4 Å². The van der Waals surface area contributed by atoms with E-state index in [0.29, 0.717) is 12.1 Å². The van der Waals surface area contributed by atoms with Crippen LogP contribution in [0.5, 0.6) is 0 Å². The van der Waals surface area contributed by atoms with Crippen LogP contribution in [0.3, 0.4) is 0 Å². The summed E-state index contributed by atoms with van der Waals surface area (Å²) in [6.07, 6.45) is 0. The number of thiazole rings is 1. The van der Waals surface area contributed by atoms with Gasteiger partial charge in [0.1, 0.15) is 0 Å². The van der Waals surface area contributed by atoms with Crippen LogP contribution in [0.15, 0.2) is 46.9 Å². The summed E-state index contributed by atoms with van der Waals surface area (Å²) >= 11 is 4.98. The molecule has 0 aliphatic heterocycles. The molecule has 0 radical (unpaired) electrons. The van der Waals surface area contributed by atoms with Crippen molar-refractivity contribution in [2.24, 2.45) is 0 Å². The summed E-state index contributed by atoms with van der Waals surface area (Å²) in [7, 11) is 4.01. The van der Waals surface area contributed by atoms with Gasteiger partial charge < -0.3 is 4.90 Å². The molecule has 0 N–H and O–H groups in total. The molecule has 0 atom stereocenters. The molecule has 138 valence electrons. The molecule has 0 bridgehead atoms. The van der Waals surface area contributed by atoms with Crippen molar-refractivity contribution in [1.29, 1.82) is 0 Å². The lowest BCUT2D eigenvalue weighted by Gasteiger charge is -2.22. The Bertz CT molecular complexity index is 895. The molecule has 3 rings (SSSR count). The van der Waals surface area contributed by atoms with Gasteiger partial charge in [0.25, 0.3) is 5.91 Å². The van der Waals surface area contributed by atoms with Gasteiger partial charge in [-0.05, 0) is 56.9 Å². The van der Waals surface area contributed by atoms with Gasteiger partial charge in [0.05, 0.1) is 10.2 Å². The maximum Gasteiger partial charge on any atom is 0.260 e. The third-order valence-corrected chi connectivity index (χ3v) is 5.52. The van der Waals surface area contributed by atoms with Crippen molar-refractivity contribution in [2.75, 3.05) is 32.1 Å². The van der Waals surface area contributed by atoms with Crippen molar-refractivity contribution in [2.45, 2.75) is 6.92 Å².